The SMILES string of the molecule is CN=C(NCCC(=O)OC)N1CCC(Oc2ccccc2I)CC1.I. The Bertz CT molecular complexity index is 576. The highest BCUT2D eigenvalue weighted by atomic mass is 127. The molecule has 8 heteroatoms. The summed E-state index contributed by atoms with van der Waals surface area (Å²) >= 11 is 2.30. The molecule has 1 aliphatic rings. The Kier molecular flexibility index (Phi) is 10.5. The molecule has 2 rings (SSSR count). The lowest BCUT2D eigenvalue weighted by atomic mass is 10.1. The minimum atomic E-state index is -0.220. The number of aliphatic imine (C=N–C) groups is 1. The molecule has 0 atom stereocenters. The minimum Gasteiger partial charge on any atom is -0.489 e. The summed E-state index contributed by atoms with van der Waals surface area (Å²) in [5.41, 5.74) is 0. The molecule has 0 spiro atoms. The molecule has 0 aromatic heterocycles. The second-order valence-corrected chi connectivity index (χ2v) is 6.70. The Balaban J connectivity index is 0.00000312. The number of hydrogen-bond donors (Lipinski definition) is 1. The number of likely N-dealkylation sites (tertiary alicyclic amines) is 1. The smallest absolute Gasteiger partial charge is 0.307 e. The number of nitrogens with one attached hydrogen (secondary N) is 1. The zero-order chi connectivity index (χ0) is 17.4. The predicted octanol–water partition coefficient (Wildman–Crippen LogP) is 2.89. The van der Waals surface area contributed by atoms with Gasteiger partial charge >= 0.3 is 5.97 Å². The lowest BCUT2D eigenvalue weighted by Crippen LogP contribution is -2.47. The molecule has 0 aliphatic carbocycles. The fourth-order valence-corrected chi connectivity index (χ4v) is 3.13. The van der Waals surface area contributed by atoms with Crippen molar-refractivity contribution in [2.75, 3.05) is 33.8 Å². The first-order valence-corrected chi connectivity index (χ1v) is 9.15. The Morgan fingerprint density at radius 1 is 1.36 bits per heavy atom. The maximum atomic E-state index is 11.2. The van der Waals surface area contributed by atoms with Gasteiger partial charge in [-0.1, -0.05) is 12.1 Å². The molecule has 1 aromatic rings. The number of carbonyl (C=O) groups is 1. The molecule has 140 valence electrons. The van der Waals surface area contributed by atoms with Crippen LogP contribution in [-0.2, 0) is 9.53 Å². The van der Waals surface area contributed by atoms with Crippen molar-refractivity contribution in [1.29, 1.82) is 0 Å². The molecule has 1 N–H and O–H groups in total. The molecular formula is C17H25I2N3O3. The normalized spacial score (nSPS) is 15.3. The molecule has 0 saturated carbocycles. The van der Waals surface area contributed by atoms with Crippen LogP contribution in [-0.4, -0.2) is 56.7 Å². The number of piperidine rings is 1. The third kappa shape index (κ3) is 7.16. The van der Waals surface area contributed by atoms with Crippen LogP contribution in [0.2, 0.25) is 0 Å². The van der Waals surface area contributed by atoms with Crippen molar-refractivity contribution in [3.63, 3.8) is 0 Å². The number of esters is 1. The van der Waals surface area contributed by atoms with Gasteiger partial charge in [-0.05, 0) is 34.7 Å². The van der Waals surface area contributed by atoms with Crippen molar-refractivity contribution in [3.8, 4) is 5.75 Å². The summed E-state index contributed by atoms with van der Waals surface area (Å²) in [6.45, 7) is 2.29. The summed E-state index contributed by atoms with van der Waals surface area (Å²) in [4.78, 5) is 17.7. The summed E-state index contributed by atoms with van der Waals surface area (Å²) in [5.74, 6) is 1.56. The van der Waals surface area contributed by atoms with Crippen molar-refractivity contribution in [2.24, 2.45) is 4.99 Å². The molecule has 0 bridgehead atoms. The van der Waals surface area contributed by atoms with Gasteiger partial charge in [-0.2, -0.15) is 0 Å². The van der Waals surface area contributed by atoms with Crippen molar-refractivity contribution in [3.05, 3.63) is 27.8 Å². The number of benzene rings is 1. The Morgan fingerprint density at radius 3 is 2.64 bits per heavy atom. The quantitative estimate of drug-likeness (QED) is 0.254. The van der Waals surface area contributed by atoms with E-state index in [1.807, 2.05) is 18.2 Å². The number of carbonyl (C=O) groups excluding carboxylic acids is 1. The number of para-hydroxylation sites is 1. The maximum Gasteiger partial charge on any atom is 0.307 e. The van der Waals surface area contributed by atoms with E-state index in [4.69, 9.17) is 4.74 Å². The molecule has 25 heavy (non-hydrogen) atoms. The molecule has 0 amide bonds. The summed E-state index contributed by atoms with van der Waals surface area (Å²) in [6.07, 6.45) is 2.46. The molecular weight excluding hydrogens is 548 g/mol. The summed E-state index contributed by atoms with van der Waals surface area (Å²) in [6, 6.07) is 8.08. The van der Waals surface area contributed by atoms with Crippen LogP contribution in [0.15, 0.2) is 29.3 Å². The number of hydrogen-bond acceptors (Lipinski definition) is 4. The largest absolute Gasteiger partial charge is 0.489 e. The Hall–Kier alpha value is -0.780. The second-order valence-electron chi connectivity index (χ2n) is 5.53. The highest BCUT2D eigenvalue weighted by Crippen LogP contribution is 2.24. The van der Waals surface area contributed by atoms with Crippen LogP contribution in [0.4, 0.5) is 0 Å². The van der Waals surface area contributed by atoms with Gasteiger partial charge in [-0.25, -0.2) is 0 Å². The van der Waals surface area contributed by atoms with E-state index >= 15 is 0 Å². The number of methoxy groups -OCH3 is 1. The van der Waals surface area contributed by atoms with Gasteiger partial charge in [-0.15, -0.1) is 24.0 Å². The molecule has 0 radical (unpaired) electrons. The van der Waals surface area contributed by atoms with E-state index in [1.165, 1.54) is 7.11 Å². The van der Waals surface area contributed by atoms with Crippen LogP contribution < -0.4 is 10.1 Å². The summed E-state index contributed by atoms with van der Waals surface area (Å²) in [7, 11) is 3.16. The third-order valence-electron chi connectivity index (χ3n) is 3.92. The van der Waals surface area contributed by atoms with Crippen molar-refractivity contribution in [1.82, 2.24) is 10.2 Å². The summed E-state index contributed by atoms with van der Waals surface area (Å²) in [5, 5.41) is 3.21. The molecule has 0 unspecified atom stereocenters. The van der Waals surface area contributed by atoms with Crippen LogP contribution in [0.3, 0.4) is 0 Å². The van der Waals surface area contributed by atoms with Crippen LogP contribution in [0.5, 0.6) is 5.75 Å². The molecule has 1 aromatic carbocycles. The van der Waals surface area contributed by atoms with E-state index in [2.05, 4.69) is 48.6 Å². The van der Waals surface area contributed by atoms with Gasteiger partial charge in [0.2, 0.25) is 0 Å². The van der Waals surface area contributed by atoms with E-state index in [-0.39, 0.29) is 36.0 Å². The van der Waals surface area contributed by atoms with Crippen molar-refractivity contribution in [2.45, 2.75) is 25.4 Å². The zero-order valence-corrected chi connectivity index (χ0v) is 19.0. The Morgan fingerprint density at radius 2 is 2.04 bits per heavy atom. The lowest BCUT2D eigenvalue weighted by Gasteiger charge is -2.34. The highest BCUT2D eigenvalue weighted by molar-refractivity contribution is 14.1. The molecule has 6 nitrogen and oxygen atoms in total. The first-order chi connectivity index (χ1) is 11.6. The predicted molar refractivity (Wildman–Crippen MR) is 118 cm³/mol. The van der Waals surface area contributed by atoms with E-state index in [0.717, 1.165) is 41.2 Å². The Labute approximate surface area is 179 Å². The molecule has 1 aliphatic heterocycles. The average Bonchev–Trinajstić information content (AvgIpc) is 2.61. The van der Waals surface area contributed by atoms with Crippen molar-refractivity contribution >= 4 is 58.5 Å². The van der Waals surface area contributed by atoms with E-state index < -0.39 is 0 Å². The van der Waals surface area contributed by atoms with Gasteiger partial charge in [-0.3, -0.25) is 9.79 Å². The standard InChI is InChI=1S/C17H24IN3O3.HI/c1-19-17(20-10-7-16(22)23-2)21-11-8-13(9-12-21)24-15-6-4-3-5-14(15)18;/h3-6,13H,7-12H2,1-2H3,(H,19,20);1H. The van der Waals surface area contributed by atoms with Crippen LogP contribution >= 0.6 is 46.6 Å². The third-order valence-corrected chi connectivity index (χ3v) is 4.81. The molecule has 1 saturated heterocycles. The first-order valence-electron chi connectivity index (χ1n) is 8.07. The van der Waals surface area contributed by atoms with Gasteiger partial charge in [0.05, 0.1) is 17.1 Å². The fourth-order valence-electron chi connectivity index (χ4n) is 2.62. The van der Waals surface area contributed by atoms with Gasteiger partial charge in [0.15, 0.2) is 5.96 Å². The topological polar surface area (TPSA) is 63.2 Å². The van der Waals surface area contributed by atoms with Crippen LogP contribution in [0, 0.1) is 3.57 Å². The monoisotopic (exact) mass is 573 g/mol. The van der Waals surface area contributed by atoms with Gasteiger partial charge in [0.25, 0.3) is 0 Å². The first kappa shape index (κ1) is 22.3. The number of halogens is 2. The van der Waals surface area contributed by atoms with Crippen molar-refractivity contribution < 1.29 is 14.3 Å². The number of ether oxygens (including phenoxy) is 2. The molecule has 1 heterocycles. The minimum absolute atomic E-state index is 0. The van der Waals surface area contributed by atoms with Gasteiger partial charge in [0, 0.05) is 39.5 Å². The number of nitrogens with zero attached hydrogens (tertiary/aromatic N) is 2. The van der Waals surface area contributed by atoms with Crippen LogP contribution in [0.25, 0.3) is 0 Å². The van der Waals surface area contributed by atoms with E-state index in [0.29, 0.717) is 13.0 Å². The van der Waals surface area contributed by atoms with Gasteiger partial charge in [0.1, 0.15) is 11.9 Å². The maximum absolute atomic E-state index is 11.2. The van der Waals surface area contributed by atoms with Crippen LogP contribution in [0.1, 0.15) is 19.3 Å². The zero-order valence-electron chi connectivity index (χ0n) is 14.5. The van der Waals surface area contributed by atoms with E-state index in [9.17, 15) is 4.79 Å². The highest BCUT2D eigenvalue weighted by Gasteiger charge is 2.23. The number of rotatable bonds is 5. The second kappa shape index (κ2) is 11.8. The summed E-state index contributed by atoms with van der Waals surface area (Å²) < 4.78 is 11.9. The molecule has 1 fully saturated rings. The van der Waals surface area contributed by atoms with Gasteiger partial charge < -0.3 is 19.7 Å². The number of guanidine groups is 1. The lowest BCUT2D eigenvalue weighted by molar-refractivity contribution is -0.140. The average molecular weight is 573 g/mol. The fraction of sp³-hybridized carbons (Fsp3) is 0.529. The van der Waals surface area contributed by atoms with E-state index in [1.54, 1.807) is 7.05 Å².